The summed E-state index contributed by atoms with van der Waals surface area (Å²) >= 11 is 0. The van der Waals surface area contributed by atoms with Gasteiger partial charge in [0.05, 0.1) is 22.7 Å². The number of nitrogens with zero attached hydrogens (tertiary/aromatic N) is 2. The van der Waals surface area contributed by atoms with Crippen LogP contribution in [0.3, 0.4) is 0 Å². The Kier molecular flexibility index (Phi) is 4.03. The van der Waals surface area contributed by atoms with Crippen molar-refractivity contribution in [3.63, 3.8) is 0 Å². The number of fused-ring (bicyclic) bond motifs is 1. The number of anilines is 1. The van der Waals surface area contributed by atoms with Crippen LogP contribution in [0, 0.1) is 11.6 Å². The summed E-state index contributed by atoms with van der Waals surface area (Å²) in [5.74, 6) is -1.84. The number of carbonyl (C=O) groups excluding carboxylic acids is 1. The lowest BCUT2D eigenvalue weighted by molar-refractivity contribution is 0.101. The van der Waals surface area contributed by atoms with Crippen molar-refractivity contribution in [2.45, 2.75) is 37.8 Å². The van der Waals surface area contributed by atoms with Crippen molar-refractivity contribution in [1.82, 2.24) is 9.78 Å². The maximum Gasteiger partial charge on any atom is 0.262 e. The van der Waals surface area contributed by atoms with E-state index in [0.717, 1.165) is 12.1 Å². The fourth-order valence-corrected chi connectivity index (χ4v) is 3.89. The molecule has 0 spiro atoms. The van der Waals surface area contributed by atoms with Gasteiger partial charge in [-0.15, -0.1) is 0 Å². The molecule has 0 bridgehead atoms. The fourth-order valence-electron chi connectivity index (χ4n) is 2.63. The fraction of sp³-hybridized carbons (Fsp3) is 0.375. The molecule has 2 aromatic rings. The number of hydrogen-bond acceptors (Lipinski definition) is 3. The monoisotopic (exact) mass is 353 g/mol. The lowest BCUT2D eigenvalue weighted by atomic mass is 10.1. The number of amides is 1. The summed E-state index contributed by atoms with van der Waals surface area (Å²) in [6, 6.07) is 3.25. The van der Waals surface area contributed by atoms with E-state index in [0.29, 0.717) is 22.8 Å². The van der Waals surface area contributed by atoms with E-state index >= 15 is 0 Å². The summed E-state index contributed by atoms with van der Waals surface area (Å²) in [4.78, 5) is 12.4. The van der Waals surface area contributed by atoms with Gasteiger partial charge >= 0.3 is 0 Å². The van der Waals surface area contributed by atoms with Crippen molar-refractivity contribution < 1.29 is 17.8 Å². The summed E-state index contributed by atoms with van der Waals surface area (Å²) in [5.41, 5.74) is 0.204. The number of rotatable bonds is 2. The molecule has 3 rings (SSSR count). The molecule has 1 atom stereocenters. The van der Waals surface area contributed by atoms with Crippen LogP contribution in [0.15, 0.2) is 18.2 Å². The van der Waals surface area contributed by atoms with Gasteiger partial charge in [-0.25, -0.2) is 13.5 Å². The second-order valence-electron chi connectivity index (χ2n) is 6.64. The van der Waals surface area contributed by atoms with E-state index in [1.54, 1.807) is 4.68 Å². The molecule has 5 nitrogen and oxygen atoms in total. The molecule has 0 radical (unpaired) electrons. The second-order valence-corrected chi connectivity index (χ2v) is 8.09. The first-order valence-corrected chi connectivity index (χ1v) is 8.89. The Morgan fingerprint density at radius 2 is 1.88 bits per heavy atom. The molecule has 8 heteroatoms. The third-order valence-corrected chi connectivity index (χ3v) is 4.93. The van der Waals surface area contributed by atoms with Crippen LogP contribution in [-0.4, -0.2) is 19.9 Å². The first-order chi connectivity index (χ1) is 11.2. The minimum Gasteiger partial charge on any atom is -0.306 e. The highest BCUT2D eigenvalue weighted by Gasteiger charge is 2.32. The van der Waals surface area contributed by atoms with Crippen molar-refractivity contribution in [3.8, 4) is 0 Å². The predicted molar refractivity (Wildman–Crippen MR) is 87.1 cm³/mol. The van der Waals surface area contributed by atoms with Gasteiger partial charge in [0.2, 0.25) is 0 Å². The number of halogens is 2. The Morgan fingerprint density at radius 1 is 1.25 bits per heavy atom. The molecule has 1 aromatic heterocycles. The molecule has 1 aromatic carbocycles. The maximum absolute atomic E-state index is 13.8. The molecule has 0 saturated heterocycles. The van der Waals surface area contributed by atoms with E-state index in [1.807, 2.05) is 20.8 Å². The van der Waals surface area contributed by atoms with E-state index in [4.69, 9.17) is 0 Å². The smallest absolute Gasteiger partial charge is 0.262 e. The molecule has 24 heavy (non-hydrogen) atoms. The Bertz CT molecular complexity index is 835. The minimum atomic E-state index is -1.08. The van der Waals surface area contributed by atoms with Crippen LogP contribution >= 0.6 is 0 Å². The summed E-state index contributed by atoms with van der Waals surface area (Å²) in [6.45, 7) is 5.68. The van der Waals surface area contributed by atoms with Crippen molar-refractivity contribution >= 4 is 22.5 Å². The largest absolute Gasteiger partial charge is 0.306 e. The normalized spacial score (nSPS) is 17.0. The SMILES string of the molecule is CC(C)(C)n1nc2c(c1NC(=O)c1c(F)cccc1F)C[S@@](=O)C2. The molecule has 1 aliphatic rings. The molecule has 128 valence electrons. The highest BCUT2D eigenvalue weighted by atomic mass is 32.2. The lowest BCUT2D eigenvalue weighted by Gasteiger charge is -2.23. The number of benzene rings is 1. The zero-order valence-electron chi connectivity index (χ0n) is 13.5. The average Bonchev–Trinajstić information content (AvgIpc) is 2.96. The third-order valence-electron chi connectivity index (χ3n) is 3.73. The predicted octanol–water partition coefficient (Wildman–Crippen LogP) is 2.93. The van der Waals surface area contributed by atoms with Crippen LogP contribution in [0.5, 0.6) is 0 Å². The molecule has 2 heterocycles. The van der Waals surface area contributed by atoms with E-state index < -0.39 is 39.4 Å². The Morgan fingerprint density at radius 3 is 2.46 bits per heavy atom. The zero-order chi connectivity index (χ0) is 17.6. The third kappa shape index (κ3) is 2.86. The Hall–Kier alpha value is -2.09. The number of hydrogen-bond donors (Lipinski definition) is 1. The van der Waals surface area contributed by atoms with Crippen LogP contribution in [0.2, 0.25) is 0 Å². The first kappa shape index (κ1) is 16.8. The van der Waals surface area contributed by atoms with Crippen LogP contribution in [0.4, 0.5) is 14.6 Å². The van der Waals surface area contributed by atoms with E-state index in [-0.39, 0.29) is 5.75 Å². The van der Waals surface area contributed by atoms with Gasteiger partial charge in [-0.3, -0.25) is 9.00 Å². The van der Waals surface area contributed by atoms with Gasteiger partial charge in [0, 0.05) is 16.4 Å². The van der Waals surface area contributed by atoms with Crippen LogP contribution in [-0.2, 0) is 27.8 Å². The second kappa shape index (κ2) is 5.77. The van der Waals surface area contributed by atoms with Crippen molar-refractivity contribution in [2.75, 3.05) is 5.32 Å². The van der Waals surface area contributed by atoms with Crippen LogP contribution < -0.4 is 5.32 Å². The summed E-state index contributed by atoms with van der Waals surface area (Å²) in [7, 11) is -1.08. The van der Waals surface area contributed by atoms with Gasteiger partial charge in [0.25, 0.3) is 5.91 Å². The molecule has 1 amide bonds. The minimum absolute atomic E-state index is 0.265. The molecule has 0 saturated carbocycles. The van der Waals surface area contributed by atoms with Gasteiger partial charge in [0.15, 0.2) is 0 Å². The molecule has 1 aliphatic heterocycles. The van der Waals surface area contributed by atoms with E-state index in [2.05, 4.69) is 10.4 Å². The average molecular weight is 353 g/mol. The van der Waals surface area contributed by atoms with Crippen molar-refractivity contribution in [2.24, 2.45) is 0 Å². The summed E-state index contributed by atoms with van der Waals surface area (Å²) in [5, 5.41) is 6.99. The van der Waals surface area contributed by atoms with Crippen LogP contribution in [0.1, 0.15) is 42.4 Å². The topological polar surface area (TPSA) is 64.0 Å². The van der Waals surface area contributed by atoms with Crippen molar-refractivity contribution in [1.29, 1.82) is 0 Å². The van der Waals surface area contributed by atoms with Gasteiger partial charge in [-0.1, -0.05) is 6.07 Å². The lowest BCUT2D eigenvalue weighted by Crippen LogP contribution is -2.28. The number of nitrogens with one attached hydrogen (secondary N) is 1. The Labute approximate surface area is 140 Å². The van der Waals surface area contributed by atoms with Crippen molar-refractivity contribution in [3.05, 3.63) is 46.7 Å². The molecular weight excluding hydrogens is 336 g/mol. The van der Waals surface area contributed by atoms with Gasteiger partial charge in [0.1, 0.15) is 23.0 Å². The highest BCUT2D eigenvalue weighted by molar-refractivity contribution is 7.83. The molecule has 1 N–H and O–H groups in total. The van der Waals surface area contributed by atoms with E-state index in [9.17, 15) is 17.8 Å². The molecule has 0 aliphatic carbocycles. The molecule has 0 unspecified atom stereocenters. The number of carbonyl (C=O) groups is 1. The molecule has 0 fully saturated rings. The standard InChI is InChI=1S/C16H17F2N3O2S/c1-16(2,3)21-14(9-7-24(23)8-12(9)20-21)19-15(22)13-10(17)5-4-6-11(13)18/h4-6H,7-8H2,1-3H3,(H,19,22)/t24-/m1/s1. The first-order valence-electron chi connectivity index (χ1n) is 7.40. The summed E-state index contributed by atoms with van der Waals surface area (Å²) < 4.78 is 41.0. The van der Waals surface area contributed by atoms with E-state index in [1.165, 1.54) is 6.07 Å². The van der Waals surface area contributed by atoms with Gasteiger partial charge < -0.3 is 5.32 Å². The maximum atomic E-state index is 13.8. The summed E-state index contributed by atoms with van der Waals surface area (Å²) in [6.07, 6.45) is 0. The number of aromatic nitrogens is 2. The zero-order valence-corrected chi connectivity index (χ0v) is 14.3. The molecular formula is C16H17F2N3O2S. The quantitative estimate of drug-likeness (QED) is 0.903. The van der Waals surface area contributed by atoms with Gasteiger partial charge in [-0.05, 0) is 32.9 Å². The van der Waals surface area contributed by atoms with Crippen LogP contribution in [0.25, 0.3) is 0 Å². The van der Waals surface area contributed by atoms with Gasteiger partial charge in [-0.2, -0.15) is 5.10 Å². The highest BCUT2D eigenvalue weighted by Crippen LogP contribution is 2.33. The Balaban J connectivity index is 2.04.